The number of ether oxygens (including phenoxy) is 2. The van der Waals surface area contributed by atoms with Crippen LogP contribution in [0.3, 0.4) is 0 Å². The molecule has 4 N–H and O–H groups in total. The van der Waals surface area contributed by atoms with Crippen molar-refractivity contribution in [3.63, 3.8) is 0 Å². The highest BCUT2D eigenvalue weighted by Crippen LogP contribution is 2.43. The first-order chi connectivity index (χ1) is 21.8. The third kappa shape index (κ3) is 8.56. The van der Waals surface area contributed by atoms with Gasteiger partial charge in [-0.25, -0.2) is 0 Å². The molecule has 0 saturated carbocycles. The summed E-state index contributed by atoms with van der Waals surface area (Å²) in [4.78, 5) is 25.2. The number of likely N-dealkylation sites (tertiary alicyclic amines) is 1. The first kappa shape index (κ1) is 32.8. The second-order valence-electron chi connectivity index (χ2n) is 12.1. The Morgan fingerprint density at radius 3 is 2.40 bits per heavy atom. The molecule has 2 heterocycles. The average molecular weight is 617 g/mol. The summed E-state index contributed by atoms with van der Waals surface area (Å²) in [6, 6.07) is 24.2. The maximum atomic E-state index is 12.2. The molecule has 0 bridgehead atoms. The standard InChI is InChI=1S/C36H44N2O7/c1-24-32(21-38-17-5-10-31(38)23-40)44-36(45-35(24)27-15-13-25(22-39)14-16-27)30-9-3-8-29(19-30)28-7-2-6-26(18-28)20-37-33(41)11-4-12-34(42)43/h2-3,6-9,13-16,18-19,24,31-32,35-36,39-40H,4-5,10-12,17,20-23H2,1H3,(H,37,41)(H,42,43)/t24-,31+,32+,35+,36+/m1/s1. The Kier molecular flexibility index (Phi) is 11.4. The molecular formula is C36H44N2O7. The smallest absolute Gasteiger partial charge is 0.303 e. The normalized spacial score (nSPS) is 23.6. The molecule has 5 rings (SSSR count). The topological polar surface area (TPSA) is 129 Å². The molecule has 0 unspecified atom stereocenters. The number of hydrogen-bond acceptors (Lipinski definition) is 7. The first-order valence-corrected chi connectivity index (χ1v) is 15.9. The van der Waals surface area contributed by atoms with Gasteiger partial charge in [0.2, 0.25) is 5.91 Å². The maximum Gasteiger partial charge on any atom is 0.303 e. The summed E-state index contributed by atoms with van der Waals surface area (Å²) in [5.74, 6) is -1.01. The summed E-state index contributed by atoms with van der Waals surface area (Å²) in [5, 5.41) is 31.2. The lowest BCUT2D eigenvalue weighted by molar-refractivity contribution is -0.276. The predicted molar refractivity (Wildman–Crippen MR) is 170 cm³/mol. The van der Waals surface area contributed by atoms with Gasteiger partial charge in [0.25, 0.3) is 0 Å². The minimum Gasteiger partial charge on any atom is -0.481 e. The molecule has 45 heavy (non-hydrogen) atoms. The number of carbonyl (C=O) groups is 2. The van der Waals surface area contributed by atoms with Gasteiger partial charge in [0.1, 0.15) is 0 Å². The van der Waals surface area contributed by atoms with Gasteiger partial charge >= 0.3 is 5.97 Å². The van der Waals surface area contributed by atoms with E-state index in [2.05, 4.69) is 23.2 Å². The number of aliphatic carboxylic acids is 1. The Bertz CT molecular complexity index is 1430. The van der Waals surface area contributed by atoms with E-state index in [1.165, 1.54) is 0 Å². The molecule has 3 aromatic carbocycles. The zero-order chi connectivity index (χ0) is 31.8. The van der Waals surface area contributed by atoms with Crippen LogP contribution in [0.5, 0.6) is 0 Å². The van der Waals surface area contributed by atoms with E-state index in [1.807, 2.05) is 66.7 Å². The minimum absolute atomic E-state index is 0.0135. The highest BCUT2D eigenvalue weighted by Gasteiger charge is 2.40. The summed E-state index contributed by atoms with van der Waals surface area (Å²) < 4.78 is 13.4. The molecule has 240 valence electrons. The molecule has 2 aliphatic heterocycles. The number of aliphatic hydroxyl groups excluding tert-OH is 2. The fourth-order valence-electron chi connectivity index (χ4n) is 6.32. The zero-order valence-corrected chi connectivity index (χ0v) is 25.8. The van der Waals surface area contributed by atoms with Crippen molar-refractivity contribution in [1.29, 1.82) is 0 Å². The lowest BCUT2D eigenvalue weighted by Crippen LogP contribution is -2.46. The second-order valence-corrected chi connectivity index (χ2v) is 12.1. The Hall–Kier alpha value is -3.60. The van der Waals surface area contributed by atoms with Gasteiger partial charge in [-0.1, -0.05) is 67.6 Å². The van der Waals surface area contributed by atoms with Gasteiger partial charge in [-0.05, 0) is 65.8 Å². The monoisotopic (exact) mass is 616 g/mol. The van der Waals surface area contributed by atoms with Crippen LogP contribution in [0.25, 0.3) is 11.1 Å². The average Bonchev–Trinajstić information content (AvgIpc) is 3.52. The van der Waals surface area contributed by atoms with E-state index in [0.29, 0.717) is 19.5 Å². The molecule has 3 aromatic rings. The predicted octanol–water partition coefficient (Wildman–Crippen LogP) is 4.97. The molecule has 0 aromatic heterocycles. The number of carbonyl (C=O) groups excluding carboxylic acids is 1. The number of carboxylic acids is 1. The van der Waals surface area contributed by atoms with E-state index >= 15 is 0 Å². The maximum absolute atomic E-state index is 12.2. The lowest BCUT2D eigenvalue weighted by atomic mass is 9.89. The number of benzene rings is 3. The summed E-state index contributed by atoms with van der Waals surface area (Å²) >= 11 is 0. The molecule has 0 radical (unpaired) electrons. The molecule has 0 aliphatic carbocycles. The molecule has 9 nitrogen and oxygen atoms in total. The lowest BCUT2D eigenvalue weighted by Gasteiger charge is -2.43. The highest BCUT2D eigenvalue weighted by molar-refractivity contribution is 5.76. The molecule has 0 spiro atoms. The van der Waals surface area contributed by atoms with Crippen LogP contribution in [-0.4, -0.2) is 63.9 Å². The van der Waals surface area contributed by atoms with E-state index in [4.69, 9.17) is 14.6 Å². The Morgan fingerprint density at radius 2 is 1.67 bits per heavy atom. The Morgan fingerprint density at radius 1 is 0.911 bits per heavy atom. The van der Waals surface area contributed by atoms with Crippen molar-refractivity contribution < 1.29 is 34.4 Å². The number of rotatable bonds is 13. The molecule has 1 amide bonds. The number of nitrogens with zero attached hydrogens (tertiary/aromatic N) is 1. The van der Waals surface area contributed by atoms with Gasteiger partial charge < -0.3 is 30.1 Å². The highest BCUT2D eigenvalue weighted by atomic mass is 16.7. The summed E-state index contributed by atoms with van der Waals surface area (Å²) in [5.41, 5.74) is 5.72. The molecule has 5 atom stereocenters. The number of carboxylic acid groups (broad SMARTS) is 1. The zero-order valence-electron chi connectivity index (χ0n) is 25.8. The van der Waals surface area contributed by atoms with Gasteiger partial charge in [0.05, 0.1) is 25.4 Å². The fourth-order valence-corrected chi connectivity index (χ4v) is 6.32. The van der Waals surface area contributed by atoms with Crippen molar-refractivity contribution in [3.8, 4) is 11.1 Å². The third-order valence-electron chi connectivity index (χ3n) is 8.95. The number of hydrogen-bond donors (Lipinski definition) is 4. The van der Waals surface area contributed by atoms with E-state index in [-0.39, 0.29) is 56.1 Å². The van der Waals surface area contributed by atoms with E-state index in [9.17, 15) is 19.8 Å². The van der Waals surface area contributed by atoms with Crippen LogP contribution in [0.2, 0.25) is 0 Å². The molecule has 2 aliphatic rings. The summed E-state index contributed by atoms with van der Waals surface area (Å²) in [6.07, 6.45) is 1.58. The van der Waals surface area contributed by atoms with Crippen LogP contribution in [-0.2, 0) is 32.2 Å². The summed E-state index contributed by atoms with van der Waals surface area (Å²) in [7, 11) is 0. The third-order valence-corrected chi connectivity index (χ3v) is 8.95. The van der Waals surface area contributed by atoms with Gasteiger partial charge in [0, 0.05) is 43.5 Å². The van der Waals surface area contributed by atoms with E-state index in [0.717, 1.165) is 52.8 Å². The molecule has 2 fully saturated rings. The second kappa shape index (κ2) is 15.6. The van der Waals surface area contributed by atoms with Gasteiger partial charge in [-0.3, -0.25) is 14.5 Å². The molecular weight excluding hydrogens is 572 g/mol. The first-order valence-electron chi connectivity index (χ1n) is 15.9. The SMILES string of the molecule is C[C@@H]1[C@H](CN2CCC[C@H]2CO)O[C@H](c2cccc(-c3cccc(CNC(=O)CCCC(=O)O)c3)c2)O[C@@H]1c1ccc(CO)cc1. The van der Waals surface area contributed by atoms with Gasteiger partial charge in [0.15, 0.2) is 6.29 Å². The van der Waals surface area contributed by atoms with Crippen LogP contribution >= 0.6 is 0 Å². The van der Waals surface area contributed by atoms with Crippen molar-refractivity contribution >= 4 is 11.9 Å². The van der Waals surface area contributed by atoms with Crippen molar-refractivity contribution in [2.24, 2.45) is 5.92 Å². The van der Waals surface area contributed by atoms with Crippen LogP contribution in [0, 0.1) is 5.92 Å². The van der Waals surface area contributed by atoms with E-state index in [1.54, 1.807) is 0 Å². The van der Waals surface area contributed by atoms with Crippen molar-refractivity contribution in [3.05, 3.63) is 95.1 Å². The molecule has 2 saturated heterocycles. The Balaban J connectivity index is 1.34. The van der Waals surface area contributed by atoms with Crippen LogP contribution < -0.4 is 5.32 Å². The number of amides is 1. The van der Waals surface area contributed by atoms with Crippen LogP contribution in [0.4, 0.5) is 0 Å². The van der Waals surface area contributed by atoms with E-state index < -0.39 is 12.3 Å². The summed E-state index contributed by atoms with van der Waals surface area (Å²) in [6.45, 7) is 4.29. The van der Waals surface area contributed by atoms with Crippen LogP contribution in [0.1, 0.15) is 73.7 Å². The fraction of sp³-hybridized carbons (Fsp3) is 0.444. The largest absolute Gasteiger partial charge is 0.481 e. The molecule has 9 heteroatoms. The number of aliphatic hydroxyl groups is 2. The number of nitrogens with one attached hydrogen (secondary N) is 1. The quantitative estimate of drug-likeness (QED) is 0.212. The van der Waals surface area contributed by atoms with Gasteiger partial charge in [-0.15, -0.1) is 0 Å². The van der Waals surface area contributed by atoms with Crippen molar-refractivity contribution in [1.82, 2.24) is 10.2 Å². The Labute approximate surface area is 264 Å². The van der Waals surface area contributed by atoms with Crippen molar-refractivity contribution in [2.75, 3.05) is 19.7 Å². The van der Waals surface area contributed by atoms with Gasteiger partial charge in [-0.2, -0.15) is 0 Å². The van der Waals surface area contributed by atoms with Crippen molar-refractivity contribution in [2.45, 2.75) is 76.7 Å². The minimum atomic E-state index is -0.902. The van der Waals surface area contributed by atoms with Crippen LogP contribution in [0.15, 0.2) is 72.8 Å².